The molecule has 0 aliphatic heterocycles. The first-order valence-corrected chi connectivity index (χ1v) is 6.55. The maximum Gasteiger partial charge on any atom is 0.247 e. The molecule has 0 heterocycles. The Balaban J connectivity index is 2.77. The van der Waals surface area contributed by atoms with E-state index >= 15 is 0 Å². The van der Waals surface area contributed by atoms with Crippen molar-refractivity contribution < 1.29 is 4.79 Å². The number of carbonyl (C=O) groups is 1. The van der Waals surface area contributed by atoms with Gasteiger partial charge in [0.2, 0.25) is 5.91 Å². The van der Waals surface area contributed by atoms with Crippen LogP contribution in [-0.4, -0.2) is 22.9 Å². The molecule has 2 nitrogen and oxygen atoms in total. The zero-order valence-electron chi connectivity index (χ0n) is 11.4. The van der Waals surface area contributed by atoms with Gasteiger partial charge in [-0.3, -0.25) is 4.79 Å². The molecule has 1 aromatic carbocycles. The number of benzene rings is 1. The van der Waals surface area contributed by atoms with E-state index in [1.54, 1.807) is 6.08 Å². The lowest BCUT2D eigenvalue weighted by molar-refractivity contribution is -0.129. The first-order valence-electron chi connectivity index (χ1n) is 6.17. The van der Waals surface area contributed by atoms with E-state index in [4.69, 9.17) is 11.6 Å². The number of nitrogens with zero attached hydrogens (tertiary/aromatic N) is 1. The summed E-state index contributed by atoms with van der Waals surface area (Å²) in [5, 5.41) is 0.699. The topological polar surface area (TPSA) is 20.3 Å². The predicted octanol–water partition coefficient (Wildman–Crippen LogP) is 4.00. The Morgan fingerprint density at radius 3 is 2.06 bits per heavy atom. The third-order valence-electron chi connectivity index (χ3n) is 2.66. The molecule has 0 spiro atoms. The van der Waals surface area contributed by atoms with Crippen molar-refractivity contribution in [3.63, 3.8) is 0 Å². The van der Waals surface area contributed by atoms with Crippen LogP contribution in [0.15, 0.2) is 30.3 Å². The Kier molecular flexibility index (Phi) is 5.42. The van der Waals surface area contributed by atoms with Gasteiger partial charge < -0.3 is 4.90 Å². The van der Waals surface area contributed by atoms with Crippen LogP contribution in [0.3, 0.4) is 0 Å². The molecule has 1 rings (SSSR count). The maximum atomic E-state index is 12.1. The van der Waals surface area contributed by atoms with E-state index in [1.165, 1.54) is 0 Å². The number of hydrogen-bond acceptors (Lipinski definition) is 1. The fourth-order valence-corrected chi connectivity index (χ4v) is 2.06. The summed E-state index contributed by atoms with van der Waals surface area (Å²) < 4.78 is 0. The van der Waals surface area contributed by atoms with Gasteiger partial charge in [-0.1, -0.05) is 23.7 Å². The Morgan fingerprint density at radius 2 is 1.61 bits per heavy atom. The summed E-state index contributed by atoms with van der Waals surface area (Å²) in [6.45, 7) is 8.09. The van der Waals surface area contributed by atoms with Gasteiger partial charge in [-0.2, -0.15) is 0 Å². The lowest BCUT2D eigenvalue weighted by Gasteiger charge is -2.29. The largest absolute Gasteiger partial charge is 0.334 e. The second kappa shape index (κ2) is 6.60. The first-order chi connectivity index (χ1) is 8.41. The number of amides is 1. The van der Waals surface area contributed by atoms with Crippen LogP contribution < -0.4 is 0 Å². The van der Waals surface area contributed by atoms with Gasteiger partial charge in [-0.15, -0.1) is 0 Å². The summed E-state index contributed by atoms with van der Waals surface area (Å²) in [6.07, 6.45) is 3.43. The summed E-state index contributed by atoms with van der Waals surface area (Å²) >= 11 is 5.81. The van der Waals surface area contributed by atoms with Crippen molar-refractivity contribution in [2.45, 2.75) is 39.8 Å². The van der Waals surface area contributed by atoms with Gasteiger partial charge in [0, 0.05) is 23.2 Å². The molecule has 0 aliphatic carbocycles. The molecule has 0 fully saturated rings. The third-order valence-corrected chi connectivity index (χ3v) is 2.91. The van der Waals surface area contributed by atoms with Crippen LogP contribution in [-0.2, 0) is 4.79 Å². The maximum absolute atomic E-state index is 12.1. The monoisotopic (exact) mass is 265 g/mol. The van der Waals surface area contributed by atoms with Gasteiger partial charge in [0.1, 0.15) is 0 Å². The summed E-state index contributed by atoms with van der Waals surface area (Å²) in [5.41, 5.74) is 0.972. The van der Waals surface area contributed by atoms with E-state index in [1.807, 2.05) is 62.9 Å². The summed E-state index contributed by atoms with van der Waals surface area (Å²) in [4.78, 5) is 13.9. The van der Waals surface area contributed by atoms with Gasteiger partial charge >= 0.3 is 0 Å². The molecule has 0 bridgehead atoms. The van der Waals surface area contributed by atoms with Crippen molar-refractivity contribution in [3.8, 4) is 0 Å². The Bertz CT molecular complexity index is 413. The van der Waals surface area contributed by atoms with Crippen molar-refractivity contribution in [1.29, 1.82) is 0 Å². The minimum absolute atomic E-state index is 0.0370. The lowest BCUT2D eigenvalue weighted by atomic mass is 10.2. The molecule has 3 heteroatoms. The minimum Gasteiger partial charge on any atom is -0.334 e. The highest BCUT2D eigenvalue weighted by atomic mass is 35.5. The van der Waals surface area contributed by atoms with Gasteiger partial charge in [-0.05, 0) is 51.5 Å². The number of halogens is 1. The standard InChI is InChI=1S/C15H20ClNO/c1-11(2)17(12(3)4)15(18)10-7-13-5-8-14(16)9-6-13/h5-12H,1-4H3. The minimum atomic E-state index is 0.0370. The summed E-state index contributed by atoms with van der Waals surface area (Å²) in [6, 6.07) is 7.81. The van der Waals surface area contributed by atoms with E-state index in [2.05, 4.69) is 0 Å². The Morgan fingerprint density at radius 1 is 1.11 bits per heavy atom. The molecule has 0 aliphatic rings. The molecule has 1 aromatic rings. The van der Waals surface area contributed by atoms with E-state index in [9.17, 15) is 4.79 Å². The quantitative estimate of drug-likeness (QED) is 0.754. The van der Waals surface area contributed by atoms with Gasteiger partial charge in [0.15, 0.2) is 0 Å². The first kappa shape index (κ1) is 14.8. The third kappa shape index (κ3) is 4.19. The van der Waals surface area contributed by atoms with E-state index < -0.39 is 0 Å². The highest BCUT2D eigenvalue weighted by Crippen LogP contribution is 2.12. The highest BCUT2D eigenvalue weighted by molar-refractivity contribution is 6.30. The van der Waals surface area contributed by atoms with Crippen LogP contribution >= 0.6 is 11.6 Å². The van der Waals surface area contributed by atoms with Crippen LogP contribution in [0.2, 0.25) is 5.02 Å². The number of carbonyl (C=O) groups excluding carboxylic acids is 1. The zero-order chi connectivity index (χ0) is 13.7. The zero-order valence-corrected chi connectivity index (χ0v) is 12.1. The van der Waals surface area contributed by atoms with Crippen molar-refractivity contribution in [3.05, 3.63) is 40.9 Å². The summed E-state index contributed by atoms with van der Waals surface area (Å²) in [5.74, 6) is 0.0370. The number of hydrogen-bond donors (Lipinski definition) is 0. The highest BCUT2D eigenvalue weighted by Gasteiger charge is 2.17. The molecule has 0 aromatic heterocycles. The molecule has 98 valence electrons. The average Bonchev–Trinajstić information content (AvgIpc) is 2.27. The molecule has 18 heavy (non-hydrogen) atoms. The van der Waals surface area contributed by atoms with Crippen LogP contribution in [0, 0.1) is 0 Å². The lowest BCUT2D eigenvalue weighted by Crippen LogP contribution is -2.41. The average molecular weight is 266 g/mol. The van der Waals surface area contributed by atoms with Crippen LogP contribution in [0.25, 0.3) is 6.08 Å². The van der Waals surface area contributed by atoms with Crippen LogP contribution in [0.1, 0.15) is 33.3 Å². The van der Waals surface area contributed by atoms with E-state index in [0.29, 0.717) is 5.02 Å². The molecule has 0 unspecified atom stereocenters. The van der Waals surface area contributed by atoms with Gasteiger partial charge in [-0.25, -0.2) is 0 Å². The molecule has 0 N–H and O–H groups in total. The molecule has 0 saturated heterocycles. The molecular formula is C15H20ClNO. The van der Waals surface area contributed by atoms with Gasteiger partial charge in [0.25, 0.3) is 0 Å². The van der Waals surface area contributed by atoms with Crippen molar-refractivity contribution >= 4 is 23.6 Å². The van der Waals surface area contributed by atoms with E-state index in [0.717, 1.165) is 5.56 Å². The molecule has 0 atom stereocenters. The second-order valence-corrected chi connectivity index (χ2v) is 5.25. The molecule has 0 radical (unpaired) electrons. The Labute approximate surface area is 114 Å². The number of rotatable bonds is 4. The molecule has 0 saturated carbocycles. The van der Waals surface area contributed by atoms with Crippen molar-refractivity contribution in [2.24, 2.45) is 0 Å². The fourth-order valence-electron chi connectivity index (χ4n) is 1.93. The second-order valence-electron chi connectivity index (χ2n) is 4.82. The smallest absolute Gasteiger partial charge is 0.247 e. The van der Waals surface area contributed by atoms with Crippen molar-refractivity contribution in [1.82, 2.24) is 4.90 Å². The summed E-state index contributed by atoms with van der Waals surface area (Å²) in [7, 11) is 0. The van der Waals surface area contributed by atoms with Crippen LogP contribution in [0.5, 0.6) is 0 Å². The SMILES string of the molecule is CC(C)N(C(=O)C=Cc1ccc(Cl)cc1)C(C)C. The van der Waals surface area contributed by atoms with Gasteiger partial charge in [0.05, 0.1) is 0 Å². The van der Waals surface area contributed by atoms with Crippen LogP contribution in [0.4, 0.5) is 0 Å². The van der Waals surface area contributed by atoms with E-state index in [-0.39, 0.29) is 18.0 Å². The fraction of sp³-hybridized carbons (Fsp3) is 0.400. The Hall–Kier alpha value is -1.28. The van der Waals surface area contributed by atoms with Crippen molar-refractivity contribution in [2.75, 3.05) is 0 Å². The predicted molar refractivity (Wildman–Crippen MR) is 77.6 cm³/mol. The molecular weight excluding hydrogens is 246 g/mol. The molecule has 1 amide bonds. The normalized spacial score (nSPS) is 11.5.